The highest BCUT2D eigenvalue weighted by Gasteiger charge is 2.25. The first-order valence-corrected chi connectivity index (χ1v) is 5.37. The molecule has 0 saturated heterocycles. The highest BCUT2D eigenvalue weighted by molar-refractivity contribution is 5.91. The van der Waals surface area contributed by atoms with Crippen molar-refractivity contribution in [2.24, 2.45) is 0 Å². The number of carboxylic acids is 1. The van der Waals surface area contributed by atoms with Crippen molar-refractivity contribution < 1.29 is 15.0 Å². The van der Waals surface area contributed by atoms with Gasteiger partial charge >= 0.3 is 5.97 Å². The van der Waals surface area contributed by atoms with Crippen molar-refractivity contribution in [2.45, 2.75) is 39.5 Å². The SMILES string of the molecule is CCC(C)(C)c1cc(C)cc(C(=O)O)c1O. The van der Waals surface area contributed by atoms with Crippen LogP contribution >= 0.6 is 0 Å². The molecule has 0 heterocycles. The molecule has 0 atom stereocenters. The van der Waals surface area contributed by atoms with Gasteiger partial charge in [0.25, 0.3) is 0 Å². The Labute approximate surface area is 95.7 Å². The van der Waals surface area contributed by atoms with E-state index < -0.39 is 5.97 Å². The van der Waals surface area contributed by atoms with Crippen molar-refractivity contribution in [3.8, 4) is 5.75 Å². The van der Waals surface area contributed by atoms with Crippen molar-refractivity contribution in [1.82, 2.24) is 0 Å². The molecule has 16 heavy (non-hydrogen) atoms. The normalized spacial score (nSPS) is 11.5. The van der Waals surface area contributed by atoms with Gasteiger partial charge in [-0.1, -0.05) is 26.8 Å². The van der Waals surface area contributed by atoms with Crippen LogP contribution in [0.4, 0.5) is 0 Å². The Morgan fingerprint density at radius 2 is 1.94 bits per heavy atom. The zero-order valence-electron chi connectivity index (χ0n) is 10.2. The molecule has 2 N–H and O–H groups in total. The van der Waals surface area contributed by atoms with Crippen molar-refractivity contribution >= 4 is 5.97 Å². The number of hydrogen-bond donors (Lipinski definition) is 2. The third kappa shape index (κ3) is 2.18. The molecule has 1 aromatic carbocycles. The number of carboxylic acid groups (broad SMARTS) is 1. The molecular weight excluding hydrogens is 204 g/mol. The van der Waals surface area contributed by atoms with Crippen molar-refractivity contribution in [3.05, 3.63) is 28.8 Å². The van der Waals surface area contributed by atoms with Gasteiger partial charge < -0.3 is 10.2 Å². The van der Waals surface area contributed by atoms with E-state index in [9.17, 15) is 9.90 Å². The quantitative estimate of drug-likeness (QED) is 0.826. The first kappa shape index (κ1) is 12.6. The average molecular weight is 222 g/mol. The van der Waals surface area contributed by atoms with Crippen LogP contribution in [0, 0.1) is 6.92 Å². The summed E-state index contributed by atoms with van der Waals surface area (Å²) in [6, 6.07) is 3.35. The van der Waals surface area contributed by atoms with E-state index in [1.54, 1.807) is 0 Å². The summed E-state index contributed by atoms with van der Waals surface area (Å²) in [6.07, 6.45) is 0.836. The summed E-state index contributed by atoms with van der Waals surface area (Å²) in [5.74, 6) is -1.20. The molecule has 0 bridgehead atoms. The zero-order valence-corrected chi connectivity index (χ0v) is 10.2. The summed E-state index contributed by atoms with van der Waals surface area (Å²) in [6.45, 7) is 7.84. The van der Waals surface area contributed by atoms with E-state index in [1.165, 1.54) is 6.07 Å². The van der Waals surface area contributed by atoms with Crippen LogP contribution in [-0.2, 0) is 5.41 Å². The molecule has 0 amide bonds. The van der Waals surface area contributed by atoms with Crippen LogP contribution in [-0.4, -0.2) is 16.2 Å². The van der Waals surface area contributed by atoms with Crippen molar-refractivity contribution in [3.63, 3.8) is 0 Å². The van der Waals surface area contributed by atoms with E-state index in [2.05, 4.69) is 0 Å². The monoisotopic (exact) mass is 222 g/mol. The Bertz CT molecular complexity index is 419. The highest BCUT2D eigenvalue weighted by atomic mass is 16.4. The van der Waals surface area contributed by atoms with Gasteiger partial charge in [-0.3, -0.25) is 0 Å². The largest absolute Gasteiger partial charge is 0.507 e. The van der Waals surface area contributed by atoms with E-state index in [0.29, 0.717) is 5.56 Å². The Kier molecular flexibility index (Phi) is 3.27. The second-order valence-electron chi connectivity index (χ2n) is 4.75. The Hall–Kier alpha value is -1.51. The number of aromatic carboxylic acids is 1. The zero-order chi connectivity index (χ0) is 12.5. The maximum absolute atomic E-state index is 11.0. The van der Waals surface area contributed by atoms with Gasteiger partial charge in [0.1, 0.15) is 11.3 Å². The van der Waals surface area contributed by atoms with Crippen LogP contribution in [0.15, 0.2) is 12.1 Å². The highest BCUT2D eigenvalue weighted by Crippen LogP contribution is 2.36. The van der Waals surface area contributed by atoms with Gasteiger partial charge in [0.2, 0.25) is 0 Å². The third-order valence-corrected chi connectivity index (χ3v) is 3.10. The summed E-state index contributed by atoms with van der Waals surface area (Å²) >= 11 is 0. The fourth-order valence-corrected chi connectivity index (χ4v) is 1.65. The van der Waals surface area contributed by atoms with Gasteiger partial charge in [-0.2, -0.15) is 0 Å². The standard InChI is InChI=1S/C13H18O3/c1-5-13(3,4)10-7-8(2)6-9(11(10)14)12(15)16/h6-7,14H,5H2,1-4H3,(H,15,16). The number of rotatable bonds is 3. The molecule has 0 unspecified atom stereocenters. The molecule has 3 heteroatoms. The van der Waals surface area contributed by atoms with E-state index in [0.717, 1.165) is 12.0 Å². The molecule has 0 saturated carbocycles. The van der Waals surface area contributed by atoms with E-state index >= 15 is 0 Å². The van der Waals surface area contributed by atoms with Gasteiger partial charge in [0.15, 0.2) is 0 Å². The summed E-state index contributed by atoms with van der Waals surface area (Å²) in [7, 11) is 0. The molecule has 1 aromatic rings. The van der Waals surface area contributed by atoms with Gasteiger partial charge in [-0.05, 0) is 30.4 Å². The number of phenols is 1. The van der Waals surface area contributed by atoms with Crippen molar-refractivity contribution in [1.29, 1.82) is 0 Å². The predicted molar refractivity (Wildman–Crippen MR) is 63.1 cm³/mol. The summed E-state index contributed by atoms with van der Waals surface area (Å²) in [5, 5.41) is 19.0. The molecule has 1 rings (SSSR count). The third-order valence-electron chi connectivity index (χ3n) is 3.10. The van der Waals surface area contributed by atoms with E-state index in [1.807, 2.05) is 33.8 Å². The molecular formula is C13H18O3. The van der Waals surface area contributed by atoms with Gasteiger partial charge in [0.05, 0.1) is 0 Å². The van der Waals surface area contributed by atoms with Crippen LogP contribution in [0.3, 0.4) is 0 Å². The molecule has 3 nitrogen and oxygen atoms in total. The Morgan fingerprint density at radius 3 is 2.38 bits per heavy atom. The van der Waals surface area contributed by atoms with Crippen LogP contribution in [0.1, 0.15) is 48.7 Å². The molecule has 0 aliphatic rings. The average Bonchev–Trinajstić information content (AvgIpc) is 2.20. The molecule has 0 aromatic heterocycles. The van der Waals surface area contributed by atoms with E-state index in [-0.39, 0.29) is 16.7 Å². The lowest BCUT2D eigenvalue weighted by molar-refractivity contribution is 0.0693. The van der Waals surface area contributed by atoms with Crippen molar-refractivity contribution in [2.75, 3.05) is 0 Å². The Balaban J connectivity index is 3.47. The molecule has 0 spiro atoms. The number of aromatic hydroxyl groups is 1. The van der Waals surface area contributed by atoms with E-state index in [4.69, 9.17) is 5.11 Å². The number of aryl methyl sites for hydroxylation is 1. The summed E-state index contributed by atoms with van der Waals surface area (Å²) < 4.78 is 0. The second-order valence-corrected chi connectivity index (χ2v) is 4.75. The Morgan fingerprint density at radius 1 is 1.38 bits per heavy atom. The lowest BCUT2D eigenvalue weighted by Crippen LogP contribution is -2.17. The second kappa shape index (κ2) is 4.16. The minimum atomic E-state index is -1.09. The number of benzene rings is 1. The fraction of sp³-hybridized carbons (Fsp3) is 0.462. The fourth-order valence-electron chi connectivity index (χ4n) is 1.65. The molecule has 88 valence electrons. The first-order valence-electron chi connectivity index (χ1n) is 5.37. The molecule has 0 aliphatic carbocycles. The van der Waals surface area contributed by atoms with Crippen LogP contribution in [0.2, 0.25) is 0 Å². The van der Waals surface area contributed by atoms with Gasteiger partial charge in [-0.15, -0.1) is 0 Å². The predicted octanol–water partition coefficient (Wildman–Crippen LogP) is 3.09. The maximum atomic E-state index is 11.0. The van der Waals surface area contributed by atoms with Crippen LogP contribution in [0.25, 0.3) is 0 Å². The number of carbonyl (C=O) groups is 1. The molecule has 0 aliphatic heterocycles. The summed E-state index contributed by atoms with van der Waals surface area (Å²) in [4.78, 5) is 11.0. The minimum Gasteiger partial charge on any atom is -0.507 e. The van der Waals surface area contributed by atoms with Crippen LogP contribution in [0.5, 0.6) is 5.75 Å². The van der Waals surface area contributed by atoms with Crippen LogP contribution < -0.4 is 0 Å². The van der Waals surface area contributed by atoms with Gasteiger partial charge in [-0.25, -0.2) is 4.79 Å². The molecule has 0 radical (unpaired) electrons. The lowest BCUT2D eigenvalue weighted by atomic mass is 9.80. The molecule has 0 fully saturated rings. The minimum absolute atomic E-state index is 0.0171. The van der Waals surface area contributed by atoms with Gasteiger partial charge in [0, 0.05) is 5.56 Å². The first-order chi connectivity index (χ1) is 7.29. The smallest absolute Gasteiger partial charge is 0.339 e. The number of hydrogen-bond acceptors (Lipinski definition) is 2. The topological polar surface area (TPSA) is 57.5 Å². The summed E-state index contributed by atoms with van der Waals surface area (Å²) in [5.41, 5.74) is 1.32. The maximum Gasteiger partial charge on any atom is 0.339 e. The lowest BCUT2D eigenvalue weighted by Gasteiger charge is -2.25.